The first-order valence-electron chi connectivity index (χ1n) is 45.4. The van der Waals surface area contributed by atoms with Crippen LogP contribution in [0.15, 0.2) is 186 Å². The van der Waals surface area contributed by atoms with Crippen molar-refractivity contribution < 1.29 is 90.7 Å². The maximum absolute atomic E-state index is 11.4. The molecule has 12 aromatic carbocycles. The summed E-state index contributed by atoms with van der Waals surface area (Å²) in [5.41, 5.74) is 30.5. The highest BCUT2D eigenvalue weighted by atomic mass is 127. The Labute approximate surface area is 825 Å². The van der Waals surface area contributed by atoms with Crippen LogP contribution in [-0.4, -0.2) is 40.9 Å². The van der Waals surface area contributed by atoms with Crippen LogP contribution in [0.3, 0.4) is 0 Å². The van der Waals surface area contributed by atoms with Crippen LogP contribution < -0.4 is 56.8 Å². The summed E-state index contributed by atoms with van der Waals surface area (Å²) in [7, 11) is 0. The summed E-state index contributed by atoms with van der Waals surface area (Å²) in [5, 5.41) is 9.51. The predicted octanol–water partition coefficient (Wildman–Crippen LogP) is 27.3. The molecule has 0 aliphatic heterocycles. The van der Waals surface area contributed by atoms with Crippen molar-refractivity contribution in [2.45, 2.75) is 251 Å². The summed E-state index contributed by atoms with van der Waals surface area (Å²) >= 11 is 5.71. The molecule has 1 aliphatic carbocycles. The van der Waals surface area contributed by atoms with Crippen LogP contribution in [0.2, 0.25) is 0 Å². The van der Waals surface area contributed by atoms with E-state index in [4.69, 9.17) is 56.8 Å². The third kappa shape index (κ3) is 32.6. The summed E-state index contributed by atoms with van der Waals surface area (Å²) in [4.78, 5) is 67.6. The van der Waals surface area contributed by atoms with Crippen LogP contribution in [0.4, 0.5) is 0 Å². The molecule has 136 heavy (non-hydrogen) atoms. The van der Waals surface area contributed by atoms with Crippen LogP contribution in [0.5, 0.6) is 69.0 Å². The molecule has 0 unspecified atom stereocenters. The number of aliphatic hydroxyl groups is 1. The molecule has 0 spiro atoms. The quantitative estimate of drug-likeness (QED) is 0.0286. The van der Waals surface area contributed by atoms with E-state index in [2.05, 4.69) is 189 Å². The van der Waals surface area contributed by atoms with Crippen LogP contribution in [0.25, 0.3) is 0 Å². The molecule has 0 bridgehead atoms. The lowest BCUT2D eigenvalue weighted by Gasteiger charge is -2.16. The van der Waals surface area contributed by atoms with Crippen molar-refractivity contribution in [3.63, 3.8) is 0 Å². The number of carbonyl (C=O) groups excluding carboxylic acids is 6. The number of aryl methyl sites for hydroxylation is 20. The fourth-order valence-corrected chi connectivity index (χ4v) is 15.8. The van der Waals surface area contributed by atoms with Crippen LogP contribution >= 0.6 is 38.5 Å². The average Bonchev–Trinajstić information content (AvgIpc) is 1.46. The second-order valence-corrected chi connectivity index (χ2v) is 36.4. The van der Waals surface area contributed by atoms with Crippen LogP contribution in [0, 0.1) is 135 Å². The first-order valence-corrected chi connectivity index (χ1v) is 47.2. The molecule has 12 aromatic rings. The molecule has 1 N–H and O–H groups in total. The summed E-state index contributed by atoms with van der Waals surface area (Å²) in [6, 6.07) is 58.7. The molecule has 19 nitrogen and oxygen atoms in total. The number of hydrogen-bond donors (Lipinski definition) is 1. The Bertz CT molecular complexity index is 5860. The van der Waals surface area contributed by atoms with Crippen molar-refractivity contribution >= 4 is 74.3 Å². The van der Waals surface area contributed by atoms with Gasteiger partial charge in [-0.15, -0.1) is 0 Å². The number of carbonyl (C=O) groups is 6. The molecule has 1 aliphatic rings. The van der Waals surface area contributed by atoms with E-state index in [1.807, 2.05) is 133 Å². The molecular weight excluding hydrogens is 1890 g/mol. The standard InChI is InChI=1S/C21H24O3.C20H24O3.C19H22O4.C19H22O3.C18H19BrO3.C18H19IO3/c1-13-10-15(3)21(11-14(13)2)23-12-19-18(17-8-9-17)6-5-7-20(19)24-16(4)22;1-6-17-8-7-9-19(23-16(5)21)18(17)12-22-20-11-14(3)13(2)10-15(20)4;1-12-8-14(3)19(9-13(12)2)22-11-17-16(10-20)6-5-7-18(17)23-15(4)21;1-12-7-6-8-18(22-16(5)20)17(12)11-21-19-10-14(3)13(2)9-15(19)4;2*1-11-8-13(3)18(9-12(11)2)21-10-15-16(19)6-5-7-17(15)22-14(4)20/h5-7,10-11,17H,8-9,12H2,1-4H3;7-11H,6,12H2,1-5H3;5-9,20H,10-11H2,1-4H3;6-10H,11H2,1-5H3;2*5-9H,10H2,1-4H3. The van der Waals surface area contributed by atoms with Gasteiger partial charge >= 0.3 is 35.8 Å². The van der Waals surface area contributed by atoms with Gasteiger partial charge in [0, 0.05) is 83.0 Å². The van der Waals surface area contributed by atoms with Crippen molar-refractivity contribution in [1.82, 2.24) is 0 Å². The third-order valence-corrected chi connectivity index (χ3v) is 25.0. The van der Waals surface area contributed by atoms with E-state index in [1.54, 1.807) is 36.4 Å². The van der Waals surface area contributed by atoms with E-state index in [9.17, 15) is 33.9 Å². The summed E-state index contributed by atoms with van der Waals surface area (Å²) in [5.74, 6) is 6.92. The Morgan fingerprint density at radius 3 is 0.824 bits per heavy atom. The smallest absolute Gasteiger partial charge is 0.308 e. The topological polar surface area (TPSA) is 233 Å². The molecule has 0 heterocycles. The van der Waals surface area contributed by atoms with Gasteiger partial charge in [-0.3, -0.25) is 28.8 Å². The van der Waals surface area contributed by atoms with Crippen LogP contribution in [0.1, 0.15) is 223 Å². The van der Waals surface area contributed by atoms with Crippen molar-refractivity contribution in [1.29, 1.82) is 0 Å². The highest BCUT2D eigenvalue weighted by molar-refractivity contribution is 14.1. The molecule has 0 atom stereocenters. The second kappa shape index (κ2) is 51.9. The van der Waals surface area contributed by atoms with E-state index >= 15 is 0 Å². The Hall–Kier alpha value is -12.6. The minimum atomic E-state index is -0.399. The lowest BCUT2D eigenvalue weighted by atomic mass is 10.0. The predicted molar refractivity (Wildman–Crippen MR) is 549 cm³/mol. The lowest BCUT2D eigenvalue weighted by molar-refractivity contribution is -0.132. The van der Waals surface area contributed by atoms with Gasteiger partial charge in [-0.1, -0.05) is 120 Å². The summed E-state index contributed by atoms with van der Waals surface area (Å²) in [6.07, 6.45) is 3.25. The van der Waals surface area contributed by atoms with Crippen molar-refractivity contribution in [2.75, 3.05) is 0 Å². The first-order chi connectivity index (χ1) is 64.4. The number of rotatable bonds is 27. The molecule has 0 saturated heterocycles. The Morgan fingerprint density at radius 2 is 0.507 bits per heavy atom. The highest BCUT2D eigenvalue weighted by Crippen LogP contribution is 2.45. The number of halogens is 2. The van der Waals surface area contributed by atoms with Gasteiger partial charge in [0.15, 0.2) is 0 Å². The SMILES string of the molecule is CC(=O)Oc1cccc(Br)c1COc1cc(C)c(C)cc1C.CC(=O)Oc1cccc(C)c1COc1cc(C)c(C)cc1C.CC(=O)Oc1cccc(C2CC2)c1COc1cc(C)c(C)cc1C.CC(=O)Oc1cccc(CO)c1COc1cc(C)c(C)cc1C.CC(=O)Oc1cccc(I)c1COc1cc(C)c(C)cc1C.CCc1cccc(OC(C)=O)c1COc1cc(C)c(C)cc1C. The summed E-state index contributed by atoms with van der Waals surface area (Å²) < 4.78 is 69.5. The maximum Gasteiger partial charge on any atom is 0.308 e. The van der Waals surface area contributed by atoms with E-state index in [1.165, 1.54) is 121 Å². The molecule has 21 heteroatoms. The van der Waals surface area contributed by atoms with Gasteiger partial charge in [0.05, 0.1) is 6.61 Å². The Morgan fingerprint density at radius 1 is 0.272 bits per heavy atom. The molecular formula is C115H130BrIO19. The minimum absolute atomic E-state index is 0.139. The molecule has 13 rings (SSSR count). The molecule has 0 aromatic heterocycles. The van der Waals surface area contributed by atoms with E-state index in [0.717, 1.165) is 127 Å². The van der Waals surface area contributed by atoms with Crippen LogP contribution in [-0.2, 0) is 81.4 Å². The number of hydrogen-bond acceptors (Lipinski definition) is 19. The van der Waals surface area contributed by atoms with Crippen molar-refractivity contribution in [3.05, 3.63) is 346 Å². The maximum atomic E-state index is 11.4. The van der Waals surface area contributed by atoms with Crippen molar-refractivity contribution in [3.8, 4) is 69.0 Å². The van der Waals surface area contributed by atoms with Gasteiger partial charge in [0.25, 0.3) is 0 Å². The fourth-order valence-electron chi connectivity index (χ4n) is 14.7. The number of ether oxygens (including phenoxy) is 12. The highest BCUT2D eigenvalue weighted by Gasteiger charge is 2.29. The van der Waals surface area contributed by atoms with E-state index in [-0.39, 0.29) is 43.1 Å². The number of aliphatic hydroxyl groups excluding tert-OH is 1. The van der Waals surface area contributed by atoms with E-state index in [0.29, 0.717) is 84.6 Å². The Balaban J connectivity index is 0.000000201. The van der Waals surface area contributed by atoms with Gasteiger partial charge in [-0.05, 0) is 387 Å². The largest absolute Gasteiger partial charge is 0.488 e. The van der Waals surface area contributed by atoms with Gasteiger partial charge in [-0.25, -0.2) is 0 Å². The average molecular weight is 2020 g/mol. The second-order valence-electron chi connectivity index (χ2n) is 34.4. The first kappa shape index (κ1) is 109. The monoisotopic (exact) mass is 2020 g/mol. The summed E-state index contributed by atoms with van der Waals surface area (Å²) in [6.45, 7) is 51.5. The lowest BCUT2D eigenvalue weighted by Crippen LogP contribution is -2.08. The third-order valence-electron chi connectivity index (χ3n) is 23.2. The van der Waals surface area contributed by atoms with Gasteiger partial charge in [0.2, 0.25) is 0 Å². The zero-order valence-electron chi connectivity index (χ0n) is 83.5. The van der Waals surface area contributed by atoms with E-state index < -0.39 is 5.97 Å². The van der Waals surface area contributed by atoms with Gasteiger partial charge in [0.1, 0.15) is 109 Å². The molecule has 1 fully saturated rings. The minimum Gasteiger partial charge on any atom is -0.488 e. The molecule has 718 valence electrons. The Kier molecular flexibility index (Phi) is 41.5. The number of esters is 6. The number of benzene rings is 12. The van der Waals surface area contributed by atoms with Crippen molar-refractivity contribution in [2.24, 2.45) is 0 Å². The van der Waals surface area contributed by atoms with Gasteiger partial charge < -0.3 is 61.9 Å². The zero-order chi connectivity index (χ0) is 100. The fraction of sp³-hybridized carbons (Fsp3) is 0.322. The molecule has 0 radical (unpaired) electrons. The zero-order valence-corrected chi connectivity index (χ0v) is 87.3. The van der Waals surface area contributed by atoms with Gasteiger partial charge in [-0.2, -0.15) is 0 Å². The molecule has 0 amide bonds. The normalized spacial score (nSPS) is 11.0. The molecule has 1 saturated carbocycles.